The summed E-state index contributed by atoms with van der Waals surface area (Å²) in [6.45, 7) is 11.7. The summed E-state index contributed by atoms with van der Waals surface area (Å²) in [4.78, 5) is 15.9. The van der Waals surface area contributed by atoms with E-state index in [0.29, 0.717) is 24.9 Å². The first-order valence-electron chi connectivity index (χ1n) is 10.7. The number of halogens is 2. The Hall–Kier alpha value is -1.15. The van der Waals surface area contributed by atoms with Crippen molar-refractivity contribution in [1.82, 2.24) is 9.55 Å². The molecule has 172 valence electrons. The molecule has 0 radical (unpaired) electrons. The fourth-order valence-corrected chi connectivity index (χ4v) is 6.86. The molecule has 0 saturated carbocycles. The van der Waals surface area contributed by atoms with E-state index in [1.807, 2.05) is 40.8 Å². The second kappa shape index (κ2) is 9.55. The molecule has 0 spiro atoms. The fourth-order valence-electron chi connectivity index (χ4n) is 3.99. The fraction of sp³-hybridized carbons (Fsp3) is 0.789. The van der Waals surface area contributed by atoms with Gasteiger partial charge in [0.1, 0.15) is 18.0 Å². The lowest BCUT2D eigenvalue weighted by Crippen LogP contribution is -2.56. The van der Waals surface area contributed by atoms with Crippen LogP contribution in [0.3, 0.4) is 0 Å². The molecular weight excluding hydrogens is 428 g/mol. The molecule has 7 nitrogen and oxygen atoms in total. The highest BCUT2D eigenvalue weighted by atomic mass is 28.4. The Labute approximate surface area is 180 Å². The number of ether oxygens (including phenoxy) is 1. The molecular formula is C19H35F2N3O4Si2. The van der Waals surface area contributed by atoms with Gasteiger partial charge in [0.2, 0.25) is 6.23 Å². The molecule has 1 aliphatic rings. The Morgan fingerprint density at radius 2 is 1.93 bits per heavy atom. The van der Waals surface area contributed by atoms with Gasteiger partial charge in [0, 0.05) is 6.20 Å². The summed E-state index contributed by atoms with van der Waals surface area (Å²) < 4.78 is 50.8. The summed E-state index contributed by atoms with van der Waals surface area (Å²) in [5.41, 5.74) is 3.75. The van der Waals surface area contributed by atoms with Crippen LogP contribution in [0.25, 0.3) is 0 Å². The van der Waals surface area contributed by atoms with Gasteiger partial charge in [-0.15, -0.1) is 0 Å². The van der Waals surface area contributed by atoms with Crippen molar-refractivity contribution in [1.29, 1.82) is 0 Å². The molecule has 1 aromatic rings. The van der Waals surface area contributed by atoms with Crippen molar-refractivity contribution in [2.75, 3.05) is 5.73 Å². The lowest BCUT2D eigenvalue weighted by molar-refractivity contribution is -0.144. The first-order valence-corrected chi connectivity index (χ1v) is 15.5. The quantitative estimate of drug-likeness (QED) is 0.537. The summed E-state index contributed by atoms with van der Waals surface area (Å²) in [6, 6.07) is 2.71. The smallest absolute Gasteiger partial charge is 0.351 e. The molecule has 3 unspecified atom stereocenters. The van der Waals surface area contributed by atoms with E-state index in [1.165, 1.54) is 12.3 Å². The van der Waals surface area contributed by atoms with Crippen molar-refractivity contribution in [3.8, 4) is 0 Å². The van der Waals surface area contributed by atoms with Crippen LogP contribution in [0.1, 0.15) is 46.8 Å². The minimum absolute atomic E-state index is 0.0318. The average molecular weight is 464 g/mol. The molecule has 1 aliphatic heterocycles. The van der Waals surface area contributed by atoms with E-state index in [1.54, 1.807) is 0 Å². The maximum absolute atomic E-state index is 15.8. The van der Waals surface area contributed by atoms with Gasteiger partial charge in [0.15, 0.2) is 18.1 Å². The molecule has 1 fully saturated rings. The van der Waals surface area contributed by atoms with Crippen molar-refractivity contribution in [2.45, 2.75) is 95.7 Å². The van der Waals surface area contributed by atoms with Crippen molar-refractivity contribution >= 4 is 23.9 Å². The van der Waals surface area contributed by atoms with Crippen LogP contribution in [0.4, 0.5) is 14.6 Å². The molecule has 1 aromatic heterocycles. The maximum atomic E-state index is 15.8. The SMILES string of the molecule is CCC(CC)(O[SiH2]C)C1OC(n2ccc(N)nc2=O)C(F)(F)C1O[Si](C)(CC)CC. The van der Waals surface area contributed by atoms with Crippen molar-refractivity contribution < 1.29 is 22.4 Å². The van der Waals surface area contributed by atoms with Gasteiger partial charge in [0.05, 0.1) is 5.60 Å². The van der Waals surface area contributed by atoms with Crippen LogP contribution in [0, 0.1) is 0 Å². The Kier molecular flexibility index (Phi) is 8.00. The normalized spacial score (nSPS) is 24.7. The van der Waals surface area contributed by atoms with Crippen LogP contribution < -0.4 is 11.4 Å². The highest BCUT2D eigenvalue weighted by Gasteiger charge is 2.66. The van der Waals surface area contributed by atoms with Crippen molar-refractivity contribution in [3.63, 3.8) is 0 Å². The van der Waals surface area contributed by atoms with E-state index in [9.17, 15) is 4.79 Å². The number of rotatable bonds is 10. The number of nitrogen functional groups attached to an aromatic ring is 1. The molecule has 2 heterocycles. The Bertz CT molecular complexity index is 772. The predicted octanol–water partition coefficient (Wildman–Crippen LogP) is 3.07. The van der Waals surface area contributed by atoms with E-state index in [-0.39, 0.29) is 5.82 Å². The summed E-state index contributed by atoms with van der Waals surface area (Å²) in [7, 11) is -3.32. The molecule has 3 atom stereocenters. The van der Waals surface area contributed by atoms with Gasteiger partial charge in [-0.3, -0.25) is 4.57 Å². The minimum Gasteiger partial charge on any atom is -0.416 e. The van der Waals surface area contributed by atoms with Crippen LogP contribution in [-0.2, 0) is 13.6 Å². The first kappa shape index (κ1) is 25.1. The van der Waals surface area contributed by atoms with Gasteiger partial charge in [-0.05, 0) is 37.5 Å². The van der Waals surface area contributed by atoms with Crippen molar-refractivity contribution in [2.24, 2.45) is 0 Å². The molecule has 0 amide bonds. The topological polar surface area (TPSA) is 88.6 Å². The molecule has 0 aromatic carbocycles. The summed E-state index contributed by atoms with van der Waals surface area (Å²) in [6.07, 6.45) is -2.14. The molecule has 2 N–H and O–H groups in total. The monoisotopic (exact) mass is 463 g/mol. The summed E-state index contributed by atoms with van der Waals surface area (Å²) >= 11 is 0. The maximum Gasteiger partial charge on any atom is 0.351 e. The largest absolute Gasteiger partial charge is 0.416 e. The highest BCUT2D eigenvalue weighted by molar-refractivity contribution is 6.72. The van der Waals surface area contributed by atoms with Crippen LogP contribution in [0.15, 0.2) is 17.1 Å². The number of nitrogens with two attached hydrogens (primary N) is 1. The second-order valence-corrected chi connectivity index (χ2v) is 13.4. The Balaban J connectivity index is 2.61. The molecule has 2 rings (SSSR count). The Morgan fingerprint density at radius 3 is 2.40 bits per heavy atom. The first-order chi connectivity index (χ1) is 14.0. The van der Waals surface area contributed by atoms with E-state index in [2.05, 4.69) is 4.98 Å². The number of nitrogens with zero attached hydrogens (tertiary/aromatic N) is 2. The molecule has 30 heavy (non-hydrogen) atoms. The third-order valence-electron chi connectivity index (χ3n) is 6.42. The third kappa shape index (κ3) is 4.54. The zero-order chi connectivity index (χ0) is 22.7. The number of aromatic nitrogens is 2. The average Bonchev–Trinajstić information content (AvgIpc) is 2.97. The summed E-state index contributed by atoms with van der Waals surface area (Å²) in [5.74, 6) is -3.48. The van der Waals surface area contributed by atoms with Crippen LogP contribution in [0.2, 0.25) is 25.2 Å². The van der Waals surface area contributed by atoms with Gasteiger partial charge in [0.25, 0.3) is 0 Å². The zero-order valence-electron chi connectivity index (χ0n) is 18.8. The van der Waals surface area contributed by atoms with Gasteiger partial charge < -0.3 is 19.3 Å². The lowest BCUT2D eigenvalue weighted by atomic mass is 9.87. The standard InChI is InChI=1S/C19H35F2N3O4Si2/c1-7-18(8-2,28-29-5)14-15(27-30(6,9-3)10-4)19(20,21)16(26-14)24-12-11-13(22)23-17(24)25/h11-12,14-16H,7-10,29H2,1-6H3,(H2,22,23,25). The minimum atomic E-state index is -3.45. The van der Waals surface area contributed by atoms with E-state index in [4.69, 9.17) is 19.3 Å². The van der Waals surface area contributed by atoms with Gasteiger partial charge in [-0.2, -0.15) is 13.8 Å². The third-order valence-corrected chi connectivity index (χ3v) is 11.1. The highest BCUT2D eigenvalue weighted by Crippen LogP contribution is 2.50. The second-order valence-electron chi connectivity index (χ2n) is 8.03. The lowest BCUT2D eigenvalue weighted by Gasteiger charge is -2.42. The van der Waals surface area contributed by atoms with E-state index < -0.39 is 53.7 Å². The molecule has 0 bridgehead atoms. The predicted molar refractivity (Wildman–Crippen MR) is 118 cm³/mol. The van der Waals surface area contributed by atoms with E-state index >= 15 is 8.78 Å². The number of alkyl halides is 2. The Morgan fingerprint density at radius 1 is 1.33 bits per heavy atom. The van der Waals surface area contributed by atoms with Crippen LogP contribution in [0.5, 0.6) is 0 Å². The molecule has 1 saturated heterocycles. The molecule has 0 aliphatic carbocycles. The van der Waals surface area contributed by atoms with Gasteiger partial charge in [-0.1, -0.05) is 34.2 Å². The van der Waals surface area contributed by atoms with Gasteiger partial charge >= 0.3 is 11.6 Å². The summed E-state index contributed by atoms with van der Waals surface area (Å²) in [5, 5.41) is 0. The number of anilines is 1. The van der Waals surface area contributed by atoms with Crippen LogP contribution in [-0.4, -0.2) is 51.4 Å². The zero-order valence-corrected chi connectivity index (χ0v) is 21.2. The van der Waals surface area contributed by atoms with Crippen molar-refractivity contribution in [3.05, 3.63) is 22.7 Å². The van der Waals surface area contributed by atoms with Gasteiger partial charge in [-0.25, -0.2) is 4.79 Å². The van der Waals surface area contributed by atoms with Crippen LogP contribution >= 0.6 is 0 Å². The van der Waals surface area contributed by atoms with E-state index in [0.717, 1.165) is 4.57 Å². The molecule has 11 heteroatoms. The number of hydrogen-bond acceptors (Lipinski definition) is 6. The number of hydrogen-bond donors (Lipinski definition) is 1.